The molecule has 2 aromatic rings. The zero-order valence-corrected chi connectivity index (χ0v) is 16.1. The van der Waals surface area contributed by atoms with Crippen LogP contribution in [0.4, 0.5) is 16.2 Å². The Balaban J connectivity index is 1.75. The molecular weight excluding hydrogens is 378 g/mol. The van der Waals surface area contributed by atoms with E-state index >= 15 is 0 Å². The summed E-state index contributed by atoms with van der Waals surface area (Å²) in [7, 11) is 0. The maximum absolute atomic E-state index is 12.4. The first-order valence-electron chi connectivity index (χ1n) is 10.5. The summed E-state index contributed by atoms with van der Waals surface area (Å²) in [6.45, 7) is -0.299. The molecule has 2 amide bonds. The molecule has 2 N–H and O–H groups in total. The van der Waals surface area contributed by atoms with Crippen molar-refractivity contribution < 1.29 is 18.8 Å². The van der Waals surface area contributed by atoms with Gasteiger partial charge in [0.25, 0.3) is 0 Å². The Bertz CT molecular complexity index is 1050. The Labute approximate surface area is 172 Å². The number of halogens is 1. The number of nitrogens with one attached hydrogen (secondary N) is 1. The minimum Gasteiger partial charge on any atom is -0.465 e. The van der Waals surface area contributed by atoms with E-state index in [0.717, 1.165) is 21.6 Å². The number of aryl methyl sites for hydroxylation is 2. The number of hydrogen-bond donors (Lipinski definition) is 2. The van der Waals surface area contributed by atoms with Crippen LogP contribution in [0.25, 0.3) is 0 Å². The van der Waals surface area contributed by atoms with E-state index in [1.54, 1.807) is 12.1 Å². The molecule has 4 rings (SSSR count). The molecule has 0 atom stereocenters. The molecule has 146 valence electrons. The first-order chi connectivity index (χ1) is 14.5. The average molecular weight is 403 g/mol. The zero-order valence-electron chi connectivity index (χ0n) is 18.3. The van der Waals surface area contributed by atoms with Gasteiger partial charge in [-0.1, -0.05) is 29.8 Å². The number of benzene rings is 2. The van der Waals surface area contributed by atoms with Gasteiger partial charge < -0.3 is 20.2 Å². The van der Waals surface area contributed by atoms with Gasteiger partial charge in [-0.15, -0.1) is 0 Å². The molecule has 7 heteroatoms. The smallest absolute Gasteiger partial charge is 0.407 e. The normalized spacial score (nSPS) is 19.8. The lowest BCUT2D eigenvalue weighted by atomic mass is 9.79. The molecule has 0 saturated carbocycles. The monoisotopic (exact) mass is 402 g/mol. The van der Waals surface area contributed by atoms with Crippen LogP contribution in [-0.4, -0.2) is 42.1 Å². The van der Waals surface area contributed by atoms with Crippen molar-refractivity contribution in [3.63, 3.8) is 0 Å². The van der Waals surface area contributed by atoms with Gasteiger partial charge in [0.2, 0.25) is 5.91 Å². The molecule has 0 spiro atoms. The highest BCUT2D eigenvalue weighted by atomic mass is 35.5. The summed E-state index contributed by atoms with van der Waals surface area (Å²) in [5.41, 5.74) is 2.68. The molecule has 1 fully saturated rings. The summed E-state index contributed by atoms with van der Waals surface area (Å²) in [5.74, 6) is -0.443. The minimum absolute atomic E-state index is 0.147. The molecule has 0 radical (unpaired) electrons. The van der Waals surface area contributed by atoms with Gasteiger partial charge in [-0.25, -0.2) is 4.79 Å². The van der Waals surface area contributed by atoms with Gasteiger partial charge >= 0.3 is 6.09 Å². The number of hydrogen-bond acceptors (Lipinski definition) is 3. The summed E-state index contributed by atoms with van der Waals surface area (Å²) in [6.07, 6.45) is -0.399. The van der Waals surface area contributed by atoms with Crippen LogP contribution in [-0.2, 0) is 16.8 Å². The van der Waals surface area contributed by atoms with Crippen molar-refractivity contribution in [2.24, 2.45) is 0 Å². The Hall–Kier alpha value is -2.73. The Morgan fingerprint density at radius 2 is 2.07 bits per heavy atom. The topological polar surface area (TPSA) is 72.9 Å². The molecule has 2 aliphatic heterocycles. The molecular formula is C21H22ClN3O3. The Morgan fingerprint density at radius 1 is 1.29 bits per heavy atom. The molecule has 28 heavy (non-hydrogen) atoms. The Morgan fingerprint density at radius 3 is 2.75 bits per heavy atom. The van der Waals surface area contributed by atoms with Crippen molar-refractivity contribution in [1.29, 1.82) is 0 Å². The highest BCUT2D eigenvalue weighted by Crippen LogP contribution is 2.42. The SMILES string of the molecule is [2H]C([2H])([2H])N1C(=O)CCc2ccc(NC3(c4c(C)cccc4Cl)CN(C(=O)O)C3)cc21. The molecule has 2 aliphatic rings. The van der Waals surface area contributed by atoms with E-state index in [4.69, 9.17) is 15.7 Å². The fraction of sp³-hybridized carbons (Fsp3) is 0.333. The van der Waals surface area contributed by atoms with Crippen molar-refractivity contribution in [2.45, 2.75) is 25.3 Å². The Kier molecular flexibility index (Phi) is 3.65. The second-order valence-corrected chi connectivity index (χ2v) is 7.76. The number of fused-ring (bicyclic) bond motifs is 1. The van der Waals surface area contributed by atoms with Gasteiger partial charge in [-0.2, -0.15) is 0 Å². The van der Waals surface area contributed by atoms with E-state index in [0.29, 0.717) is 22.8 Å². The van der Waals surface area contributed by atoms with Gasteiger partial charge in [-0.3, -0.25) is 4.79 Å². The lowest BCUT2D eigenvalue weighted by Crippen LogP contribution is -2.65. The van der Waals surface area contributed by atoms with Crippen LogP contribution in [0.15, 0.2) is 36.4 Å². The fourth-order valence-corrected chi connectivity index (χ4v) is 4.51. The van der Waals surface area contributed by atoms with E-state index in [-0.39, 0.29) is 19.5 Å². The van der Waals surface area contributed by atoms with E-state index < -0.39 is 24.5 Å². The van der Waals surface area contributed by atoms with Crippen molar-refractivity contribution in [3.05, 3.63) is 58.1 Å². The van der Waals surface area contributed by atoms with E-state index in [2.05, 4.69) is 5.32 Å². The summed E-state index contributed by atoms with van der Waals surface area (Å²) in [6, 6.07) is 10.8. The number of carboxylic acid groups (broad SMARTS) is 1. The highest BCUT2D eigenvalue weighted by molar-refractivity contribution is 6.31. The summed E-state index contributed by atoms with van der Waals surface area (Å²) in [5, 5.41) is 13.3. The maximum Gasteiger partial charge on any atom is 0.407 e. The molecule has 1 saturated heterocycles. The predicted octanol–water partition coefficient (Wildman–Crippen LogP) is 3.86. The number of carbonyl (C=O) groups is 2. The van der Waals surface area contributed by atoms with Crippen LogP contribution < -0.4 is 10.2 Å². The van der Waals surface area contributed by atoms with Crippen molar-refractivity contribution in [1.82, 2.24) is 4.90 Å². The second kappa shape index (κ2) is 6.71. The van der Waals surface area contributed by atoms with Crippen LogP contribution >= 0.6 is 11.6 Å². The number of amides is 2. The van der Waals surface area contributed by atoms with Gasteiger partial charge in [0.15, 0.2) is 0 Å². The van der Waals surface area contributed by atoms with Crippen molar-refractivity contribution in [3.8, 4) is 0 Å². The molecule has 2 heterocycles. The van der Waals surface area contributed by atoms with Crippen molar-refractivity contribution in [2.75, 3.05) is 30.3 Å². The first kappa shape index (κ1) is 15.2. The number of likely N-dealkylation sites (tertiary alicyclic amines) is 1. The quantitative estimate of drug-likeness (QED) is 0.817. The van der Waals surface area contributed by atoms with E-state index in [1.165, 1.54) is 4.90 Å². The molecule has 0 bridgehead atoms. The third-order valence-corrected chi connectivity index (χ3v) is 5.77. The van der Waals surface area contributed by atoms with E-state index in [9.17, 15) is 14.7 Å². The lowest BCUT2D eigenvalue weighted by molar-refractivity contribution is -0.118. The summed E-state index contributed by atoms with van der Waals surface area (Å²) >= 11 is 6.50. The van der Waals surface area contributed by atoms with Crippen LogP contribution in [0.3, 0.4) is 0 Å². The minimum atomic E-state index is -2.58. The maximum atomic E-state index is 12.4. The van der Waals surface area contributed by atoms with Crippen molar-refractivity contribution >= 4 is 35.0 Å². The van der Waals surface area contributed by atoms with Gasteiger partial charge in [-0.05, 0) is 42.7 Å². The third-order valence-electron chi connectivity index (χ3n) is 5.46. The van der Waals surface area contributed by atoms with Crippen LogP contribution in [0.1, 0.15) is 27.2 Å². The van der Waals surface area contributed by atoms with Gasteiger partial charge in [0, 0.05) is 39.5 Å². The number of nitrogens with zero attached hydrogens (tertiary/aromatic N) is 2. The van der Waals surface area contributed by atoms with Crippen LogP contribution in [0.5, 0.6) is 0 Å². The van der Waals surface area contributed by atoms with Gasteiger partial charge in [0.1, 0.15) is 0 Å². The largest absolute Gasteiger partial charge is 0.465 e. The highest BCUT2D eigenvalue weighted by Gasteiger charge is 2.48. The molecule has 0 unspecified atom stereocenters. The molecule has 6 nitrogen and oxygen atoms in total. The molecule has 0 aromatic heterocycles. The first-order valence-corrected chi connectivity index (χ1v) is 9.37. The third kappa shape index (κ3) is 2.98. The van der Waals surface area contributed by atoms with Crippen LogP contribution in [0, 0.1) is 6.92 Å². The lowest BCUT2D eigenvalue weighted by Gasteiger charge is -2.51. The fourth-order valence-electron chi connectivity index (χ4n) is 4.10. The summed E-state index contributed by atoms with van der Waals surface area (Å²) in [4.78, 5) is 26.0. The predicted molar refractivity (Wildman–Crippen MR) is 109 cm³/mol. The summed E-state index contributed by atoms with van der Waals surface area (Å²) < 4.78 is 23.3. The second-order valence-electron chi connectivity index (χ2n) is 7.35. The van der Waals surface area contributed by atoms with Gasteiger partial charge in [0.05, 0.1) is 18.6 Å². The number of anilines is 2. The molecule has 2 aromatic carbocycles. The average Bonchev–Trinajstić information content (AvgIpc) is 2.63. The standard InChI is InChI=1S/C21H22ClN3O3/c1-13-4-3-5-16(22)19(13)21(11-25(12-21)20(27)28)23-15-8-6-14-7-9-18(26)24(2)17(14)10-15/h3-6,8,10,23H,7,9,11-12H2,1-2H3,(H,27,28)/i2D3. The zero-order chi connectivity index (χ0) is 22.6. The van der Waals surface area contributed by atoms with Crippen LogP contribution in [0.2, 0.25) is 5.02 Å². The van der Waals surface area contributed by atoms with E-state index in [1.807, 2.05) is 31.2 Å². The molecule has 0 aliphatic carbocycles. The number of rotatable bonds is 3. The number of carbonyl (C=O) groups excluding carboxylic acids is 1.